The highest BCUT2D eigenvalue weighted by atomic mass is 16.5. The SMILES string of the molecule is COc1cccc(N2CCN(C(=O)c3ccc(-n4c(C)nc5ccccc5c4=O)cc3)CC2)c1. The van der Waals surface area contributed by atoms with Crippen LogP contribution in [-0.2, 0) is 0 Å². The van der Waals surface area contributed by atoms with Gasteiger partial charge in [-0.1, -0.05) is 18.2 Å². The van der Waals surface area contributed by atoms with Gasteiger partial charge in [0, 0.05) is 43.5 Å². The van der Waals surface area contributed by atoms with Gasteiger partial charge in [0.05, 0.1) is 23.7 Å². The molecule has 1 fully saturated rings. The van der Waals surface area contributed by atoms with E-state index in [0.29, 0.717) is 41.1 Å². The van der Waals surface area contributed by atoms with Gasteiger partial charge < -0.3 is 14.5 Å². The molecule has 1 saturated heterocycles. The van der Waals surface area contributed by atoms with Crippen LogP contribution in [-0.4, -0.2) is 53.6 Å². The predicted molar refractivity (Wildman–Crippen MR) is 133 cm³/mol. The average molecular weight is 455 g/mol. The van der Waals surface area contributed by atoms with Crippen LogP contribution in [0, 0.1) is 6.92 Å². The molecular formula is C27H26N4O3. The Morgan fingerprint density at radius 3 is 2.35 bits per heavy atom. The number of aromatic nitrogens is 2. The first-order valence-corrected chi connectivity index (χ1v) is 11.3. The number of ether oxygens (including phenoxy) is 1. The van der Waals surface area contributed by atoms with Crippen LogP contribution >= 0.6 is 0 Å². The topological polar surface area (TPSA) is 67.7 Å². The standard InChI is InChI=1S/C27H26N4O3/c1-19-28-25-9-4-3-8-24(25)27(33)31(19)21-12-10-20(11-13-21)26(32)30-16-14-29(15-17-30)22-6-5-7-23(18-22)34-2/h3-13,18H,14-17H2,1-2H3. The molecule has 0 bridgehead atoms. The van der Waals surface area contributed by atoms with Crippen LogP contribution in [0.25, 0.3) is 16.6 Å². The van der Waals surface area contributed by atoms with Crippen molar-refractivity contribution in [3.05, 3.63) is 94.5 Å². The third kappa shape index (κ3) is 4.01. The number of rotatable bonds is 4. The van der Waals surface area contributed by atoms with Crippen molar-refractivity contribution >= 4 is 22.5 Å². The molecule has 1 aliphatic rings. The largest absolute Gasteiger partial charge is 0.497 e. The first-order valence-electron chi connectivity index (χ1n) is 11.3. The maximum absolute atomic E-state index is 13.1. The molecule has 172 valence electrons. The Bertz CT molecular complexity index is 1400. The zero-order valence-corrected chi connectivity index (χ0v) is 19.3. The average Bonchev–Trinajstić information content (AvgIpc) is 2.89. The van der Waals surface area contributed by atoms with Crippen LogP contribution in [0.5, 0.6) is 5.75 Å². The van der Waals surface area contributed by atoms with Crippen LogP contribution in [0.4, 0.5) is 5.69 Å². The van der Waals surface area contributed by atoms with Crippen LogP contribution in [0.2, 0.25) is 0 Å². The second kappa shape index (κ2) is 9.02. The van der Waals surface area contributed by atoms with Gasteiger partial charge in [-0.2, -0.15) is 0 Å². The molecule has 7 nitrogen and oxygen atoms in total. The highest BCUT2D eigenvalue weighted by molar-refractivity contribution is 5.94. The summed E-state index contributed by atoms with van der Waals surface area (Å²) in [6, 6.07) is 22.5. The Hall–Kier alpha value is -4.13. The van der Waals surface area contributed by atoms with Crippen LogP contribution in [0.15, 0.2) is 77.6 Å². The second-order valence-corrected chi connectivity index (χ2v) is 8.34. The summed E-state index contributed by atoms with van der Waals surface area (Å²) >= 11 is 0. The maximum Gasteiger partial charge on any atom is 0.265 e. The van der Waals surface area contributed by atoms with Gasteiger partial charge in [0.25, 0.3) is 11.5 Å². The molecule has 0 radical (unpaired) electrons. The molecule has 4 aromatic rings. The summed E-state index contributed by atoms with van der Waals surface area (Å²) in [5, 5.41) is 0.571. The fraction of sp³-hybridized carbons (Fsp3) is 0.222. The number of nitrogens with zero attached hydrogens (tertiary/aromatic N) is 4. The molecule has 34 heavy (non-hydrogen) atoms. The summed E-state index contributed by atoms with van der Waals surface area (Å²) in [6.07, 6.45) is 0. The van der Waals surface area contributed by atoms with E-state index in [1.807, 2.05) is 60.4 Å². The van der Waals surface area contributed by atoms with Gasteiger partial charge in [-0.15, -0.1) is 0 Å². The molecule has 1 amide bonds. The van der Waals surface area contributed by atoms with E-state index in [0.717, 1.165) is 24.5 Å². The van der Waals surface area contributed by atoms with Crippen molar-refractivity contribution in [1.29, 1.82) is 0 Å². The fourth-order valence-electron chi connectivity index (χ4n) is 4.46. The second-order valence-electron chi connectivity index (χ2n) is 8.34. The van der Waals surface area contributed by atoms with E-state index in [9.17, 15) is 9.59 Å². The minimum absolute atomic E-state index is 0.00227. The smallest absolute Gasteiger partial charge is 0.265 e. The summed E-state index contributed by atoms with van der Waals surface area (Å²) in [4.78, 5) is 34.8. The highest BCUT2D eigenvalue weighted by Gasteiger charge is 2.23. The molecule has 0 aliphatic carbocycles. The molecule has 0 saturated carbocycles. The normalized spacial score (nSPS) is 13.8. The Balaban J connectivity index is 1.31. The number of para-hydroxylation sites is 1. The number of anilines is 1. The molecular weight excluding hydrogens is 428 g/mol. The van der Waals surface area contributed by atoms with E-state index < -0.39 is 0 Å². The third-order valence-electron chi connectivity index (χ3n) is 6.30. The van der Waals surface area contributed by atoms with Crippen LogP contribution in [0.1, 0.15) is 16.2 Å². The number of carbonyl (C=O) groups is 1. The minimum atomic E-state index is -0.115. The first kappa shape index (κ1) is 21.7. The summed E-state index contributed by atoms with van der Waals surface area (Å²) in [5.74, 6) is 1.43. The molecule has 3 aromatic carbocycles. The van der Waals surface area contributed by atoms with Gasteiger partial charge >= 0.3 is 0 Å². The molecule has 5 rings (SSSR count). The third-order valence-corrected chi connectivity index (χ3v) is 6.30. The molecule has 0 atom stereocenters. The lowest BCUT2D eigenvalue weighted by molar-refractivity contribution is 0.0747. The maximum atomic E-state index is 13.1. The van der Waals surface area contributed by atoms with Crippen molar-refractivity contribution in [2.45, 2.75) is 6.92 Å². The molecule has 1 aliphatic heterocycles. The molecule has 1 aromatic heterocycles. The molecule has 0 spiro atoms. The lowest BCUT2D eigenvalue weighted by Gasteiger charge is -2.36. The Kier molecular flexibility index (Phi) is 5.76. The van der Waals surface area contributed by atoms with Crippen molar-refractivity contribution in [2.24, 2.45) is 0 Å². The summed E-state index contributed by atoms with van der Waals surface area (Å²) in [5.41, 5.74) is 2.97. The number of fused-ring (bicyclic) bond motifs is 1. The summed E-state index contributed by atoms with van der Waals surface area (Å²) < 4.78 is 6.91. The minimum Gasteiger partial charge on any atom is -0.497 e. The van der Waals surface area contributed by atoms with Crippen molar-refractivity contribution in [3.63, 3.8) is 0 Å². The van der Waals surface area contributed by atoms with Crippen molar-refractivity contribution in [1.82, 2.24) is 14.5 Å². The van der Waals surface area contributed by atoms with Crippen molar-refractivity contribution in [2.75, 3.05) is 38.2 Å². The monoisotopic (exact) mass is 454 g/mol. The zero-order valence-electron chi connectivity index (χ0n) is 19.3. The number of carbonyl (C=O) groups excluding carboxylic acids is 1. The lowest BCUT2D eigenvalue weighted by atomic mass is 10.1. The van der Waals surface area contributed by atoms with Crippen molar-refractivity contribution in [3.8, 4) is 11.4 Å². The van der Waals surface area contributed by atoms with E-state index in [1.54, 1.807) is 29.9 Å². The van der Waals surface area contributed by atoms with Gasteiger partial charge in [-0.25, -0.2) is 4.98 Å². The molecule has 0 N–H and O–H groups in total. The number of benzene rings is 3. The van der Waals surface area contributed by atoms with E-state index in [1.165, 1.54) is 0 Å². The first-order chi connectivity index (χ1) is 16.5. The number of aryl methyl sites for hydroxylation is 1. The van der Waals surface area contributed by atoms with E-state index in [-0.39, 0.29) is 11.5 Å². The number of hydrogen-bond donors (Lipinski definition) is 0. The summed E-state index contributed by atoms with van der Waals surface area (Å²) in [7, 11) is 1.66. The Labute approximate surface area is 197 Å². The van der Waals surface area contributed by atoms with E-state index >= 15 is 0 Å². The number of hydrogen-bond acceptors (Lipinski definition) is 5. The van der Waals surface area contributed by atoms with Crippen LogP contribution in [0.3, 0.4) is 0 Å². The highest BCUT2D eigenvalue weighted by Crippen LogP contribution is 2.23. The van der Waals surface area contributed by atoms with E-state index in [4.69, 9.17) is 4.74 Å². The lowest BCUT2D eigenvalue weighted by Crippen LogP contribution is -2.48. The Morgan fingerprint density at radius 1 is 0.882 bits per heavy atom. The quantitative estimate of drug-likeness (QED) is 0.471. The predicted octanol–water partition coefficient (Wildman–Crippen LogP) is 3.67. The van der Waals surface area contributed by atoms with Crippen LogP contribution < -0.4 is 15.2 Å². The van der Waals surface area contributed by atoms with Gasteiger partial charge in [0.1, 0.15) is 11.6 Å². The fourth-order valence-corrected chi connectivity index (χ4v) is 4.46. The summed E-state index contributed by atoms with van der Waals surface area (Å²) in [6.45, 7) is 4.62. The van der Waals surface area contributed by atoms with Gasteiger partial charge in [-0.05, 0) is 55.5 Å². The number of amides is 1. The van der Waals surface area contributed by atoms with Gasteiger partial charge in [0.2, 0.25) is 0 Å². The van der Waals surface area contributed by atoms with E-state index in [2.05, 4.69) is 16.0 Å². The van der Waals surface area contributed by atoms with Gasteiger partial charge in [0.15, 0.2) is 0 Å². The molecule has 2 heterocycles. The molecule has 0 unspecified atom stereocenters. The Morgan fingerprint density at radius 2 is 1.62 bits per heavy atom. The zero-order chi connectivity index (χ0) is 23.7. The van der Waals surface area contributed by atoms with Crippen molar-refractivity contribution < 1.29 is 9.53 Å². The molecule has 7 heteroatoms. The van der Waals surface area contributed by atoms with Gasteiger partial charge in [-0.3, -0.25) is 14.2 Å². The number of methoxy groups -OCH3 is 1. The number of piperazine rings is 1.